The van der Waals surface area contributed by atoms with E-state index >= 15 is 0 Å². The first-order valence-electron chi connectivity index (χ1n) is 5.81. The van der Waals surface area contributed by atoms with Gasteiger partial charge in [0.05, 0.1) is 6.54 Å². The van der Waals surface area contributed by atoms with E-state index in [0.29, 0.717) is 5.69 Å². The molecule has 0 aromatic carbocycles. The van der Waals surface area contributed by atoms with Crippen LogP contribution in [0.25, 0.3) is 11.0 Å². The fraction of sp³-hybridized carbons (Fsp3) is 0.154. The van der Waals surface area contributed by atoms with Gasteiger partial charge in [0.25, 0.3) is 0 Å². The van der Waals surface area contributed by atoms with Gasteiger partial charge >= 0.3 is 0 Å². The molecule has 3 rings (SSSR count). The van der Waals surface area contributed by atoms with E-state index in [4.69, 9.17) is 5.26 Å². The van der Waals surface area contributed by atoms with Crippen molar-refractivity contribution in [3.05, 3.63) is 47.0 Å². The third-order valence-electron chi connectivity index (χ3n) is 2.92. The summed E-state index contributed by atoms with van der Waals surface area (Å²) in [5, 5.41) is 14.1. The second-order valence-corrected chi connectivity index (χ2v) is 4.97. The summed E-state index contributed by atoms with van der Waals surface area (Å²) in [6.07, 6.45) is 5.67. The van der Waals surface area contributed by atoms with Crippen molar-refractivity contribution in [1.29, 1.82) is 5.26 Å². The van der Waals surface area contributed by atoms with Gasteiger partial charge in [-0.15, -0.1) is 0 Å². The molecule has 0 N–H and O–H groups in total. The monoisotopic (exact) mass is 315 g/mol. The van der Waals surface area contributed by atoms with E-state index in [1.54, 1.807) is 12.3 Å². The van der Waals surface area contributed by atoms with E-state index in [9.17, 15) is 0 Å². The van der Waals surface area contributed by atoms with E-state index < -0.39 is 0 Å². The zero-order valence-electron chi connectivity index (χ0n) is 9.99. The fourth-order valence-corrected chi connectivity index (χ4v) is 2.55. The molecule has 0 spiro atoms. The van der Waals surface area contributed by atoms with E-state index in [-0.39, 0.29) is 0 Å². The number of hydrogen-bond acceptors (Lipinski definition) is 3. The Balaban J connectivity index is 1.96. The van der Waals surface area contributed by atoms with E-state index in [1.165, 1.54) is 0 Å². The molecular weight excluding hydrogens is 306 g/mol. The van der Waals surface area contributed by atoms with Crippen LogP contribution in [0.15, 0.2) is 41.3 Å². The van der Waals surface area contributed by atoms with Crippen LogP contribution < -0.4 is 0 Å². The molecule has 6 heteroatoms. The zero-order chi connectivity index (χ0) is 13.2. The predicted octanol–water partition coefficient (Wildman–Crippen LogP) is 2.57. The molecule has 3 heterocycles. The lowest BCUT2D eigenvalue weighted by atomic mass is 10.3. The van der Waals surface area contributed by atoms with Gasteiger partial charge in [0, 0.05) is 35.0 Å². The molecular formula is C13H10BrN5. The number of rotatable bonds is 3. The first-order chi connectivity index (χ1) is 9.28. The molecule has 19 heavy (non-hydrogen) atoms. The average Bonchev–Trinajstić information content (AvgIpc) is 3.05. The summed E-state index contributed by atoms with van der Waals surface area (Å²) in [5.74, 6) is 0. The van der Waals surface area contributed by atoms with Gasteiger partial charge in [0.2, 0.25) is 0 Å². The Hall–Kier alpha value is -2.13. The molecule has 0 atom stereocenters. The summed E-state index contributed by atoms with van der Waals surface area (Å²) in [4.78, 5) is 4.36. The van der Waals surface area contributed by atoms with Crippen LogP contribution >= 0.6 is 15.9 Å². The number of fused-ring (bicyclic) bond motifs is 1. The van der Waals surface area contributed by atoms with Gasteiger partial charge in [0.1, 0.15) is 17.4 Å². The predicted molar refractivity (Wildman–Crippen MR) is 74.4 cm³/mol. The number of nitriles is 1. The Morgan fingerprint density at radius 2 is 2.21 bits per heavy atom. The quantitative estimate of drug-likeness (QED) is 0.746. The zero-order valence-corrected chi connectivity index (χ0v) is 11.6. The second kappa shape index (κ2) is 4.86. The van der Waals surface area contributed by atoms with Gasteiger partial charge in [-0.05, 0) is 34.1 Å². The molecule has 0 bridgehead atoms. The van der Waals surface area contributed by atoms with Crippen molar-refractivity contribution in [2.24, 2.45) is 0 Å². The van der Waals surface area contributed by atoms with Crippen molar-refractivity contribution < 1.29 is 0 Å². The third kappa shape index (κ3) is 2.25. The summed E-state index contributed by atoms with van der Waals surface area (Å²) in [6, 6.07) is 7.61. The summed E-state index contributed by atoms with van der Waals surface area (Å²) in [5.41, 5.74) is 1.25. The highest BCUT2D eigenvalue weighted by atomic mass is 79.9. The van der Waals surface area contributed by atoms with Crippen molar-refractivity contribution >= 4 is 27.0 Å². The maximum atomic E-state index is 8.93. The number of nitrogens with zero attached hydrogens (tertiary/aromatic N) is 5. The highest BCUT2D eigenvalue weighted by Gasteiger charge is 2.08. The van der Waals surface area contributed by atoms with E-state index in [1.807, 2.05) is 33.8 Å². The number of hydrogen-bond donors (Lipinski definition) is 0. The lowest BCUT2D eigenvalue weighted by molar-refractivity contribution is 0.541. The van der Waals surface area contributed by atoms with Gasteiger partial charge in [-0.2, -0.15) is 10.4 Å². The van der Waals surface area contributed by atoms with Gasteiger partial charge in [-0.3, -0.25) is 4.68 Å². The van der Waals surface area contributed by atoms with Crippen LogP contribution in [0.2, 0.25) is 0 Å². The molecule has 94 valence electrons. The first kappa shape index (κ1) is 11.9. The van der Waals surface area contributed by atoms with Crippen LogP contribution in [-0.2, 0) is 13.1 Å². The largest absolute Gasteiger partial charge is 0.329 e. The Bertz CT molecular complexity index is 751. The maximum Gasteiger partial charge on any atom is 0.142 e. The Labute approximate surface area is 118 Å². The normalized spacial score (nSPS) is 10.7. The minimum atomic E-state index is 0.429. The molecule has 3 aromatic heterocycles. The van der Waals surface area contributed by atoms with Crippen LogP contribution in [0, 0.1) is 11.3 Å². The topological polar surface area (TPSA) is 59.4 Å². The van der Waals surface area contributed by atoms with Gasteiger partial charge in [-0.1, -0.05) is 0 Å². The van der Waals surface area contributed by atoms with Crippen LogP contribution in [0.1, 0.15) is 5.69 Å². The van der Waals surface area contributed by atoms with E-state index in [0.717, 1.165) is 28.6 Å². The standard InChI is InChI=1S/C13H10BrN5/c14-12-9-18(6-7-19-5-1-4-16-19)13-11(12)3-2-10(8-15)17-13/h1-5,9H,6-7H2. The SMILES string of the molecule is N#Cc1ccc2c(Br)cn(CCn3cccn3)c2n1. The van der Waals surface area contributed by atoms with Crippen molar-refractivity contribution in [2.45, 2.75) is 13.1 Å². The summed E-state index contributed by atoms with van der Waals surface area (Å²) >= 11 is 3.52. The number of aromatic nitrogens is 4. The minimum Gasteiger partial charge on any atom is -0.329 e. The Kier molecular flexibility index (Phi) is 3.05. The summed E-state index contributed by atoms with van der Waals surface area (Å²) in [6.45, 7) is 1.52. The Morgan fingerprint density at radius 1 is 1.32 bits per heavy atom. The number of aryl methyl sites for hydroxylation is 2. The molecule has 0 saturated heterocycles. The number of halogens is 1. The van der Waals surface area contributed by atoms with Crippen molar-refractivity contribution in [3.63, 3.8) is 0 Å². The molecule has 0 aliphatic heterocycles. The molecule has 5 nitrogen and oxygen atoms in total. The summed E-state index contributed by atoms with van der Waals surface area (Å²) in [7, 11) is 0. The molecule has 0 amide bonds. The maximum absolute atomic E-state index is 8.93. The van der Waals surface area contributed by atoms with Crippen molar-refractivity contribution in [3.8, 4) is 6.07 Å². The fourth-order valence-electron chi connectivity index (χ4n) is 2.00. The third-order valence-corrected chi connectivity index (χ3v) is 3.55. The van der Waals surface area contributed by atoms with Crippen LogP contribution in [0.4, 0.5) is 0 Å². The molecule has 0 aliphatic rings. The van der Waals surface area contributed by atoms with E-state index in [2.05, 4.69) is 32.1 Å². The van der Waals surface area contributed by atoms with Crippen molar-refractivity contribution in [1.82, 2.24) is 19.3 Å². The molecule has 0 unspecified atom stereocenters. The summed E-state index contributed by atoms with van der Waals surface area (Å²) < 4.78 is 4.88. The van der Waals surface area contributed by atoms with Crippen molar-refractivity contribution in [2.75, 3.05) is 0 Å². The van der Waals surface area contributed by atoms with Gasteiger partial charge in [-0.25, -0.2) is 4.98 Å². The molecule has 0 aliphatic carbocycles. The van der Waals surface area contributed by atoms with Crippen LogP contribution in [0.3, 0.4) is 0 Å². The average molecular weight is 316 g/mol. The number of pyridine rings is 1. The Morgan fingerprint density at radius 3 is 2.95 bits per heavy atom. The lowest BCUT2D eigenvalue weighted by Gasteiger charge is -2.04. The molecule has 0 fully saturated rings. The molecule has 0 radical (unpaired) electrons. The van der Waals surface area contributed by atoms with Gasteiger partial charge in [0.15, 0.2) is 0 Å². The highest BCUT2D eigenvalue weighted by molar-refractivity contribution is 9.10. The minimum absolute atomic E-state index is 0.429. The molecule has 3 aromatic rings. The second-order valence-electron chi connectivity index (χ2n) is 4.12. The lowest BCUT2D eigenvalue weighted by Crippen LogP contribution is -2.07. The van der Waals surface area contributed by atoms with Crippen LogP contribution in [0.5, 0.6) is 0 Å². The smallest absolute Gasteiger partial charge is 0.142 e. The van der Waals surface area contributed by atoms with Gasteiger partial charge < -0.3 is 4.57 Å². The highest BCUT2D eigenvalue weighted by Crippen LogP contribution is 2.25. The molecule has 0 saturated carbocycles. The first-order valence-corrected chi connectivity index (χ1v) is 6.60. The van der Waals surface area contributed by atoms with Crippen LogP contribution in [-0.4, -0.2) is 19.3 Å².